The van der Waals surface area contributed by atoms with Crippen LogP contribution < -0.4 is 16.0 Å². The average Bonchev–Trinajstić information content (AvgIpc) is 2.80. The first-order valence-corrected chi connectivity index (χ1v) is 13.7. The molecular weight excluding hydrogens is 484 g/mol. The Kier molecular flexibility index (Phi) is 9.58. The fraction of sp³-hybridized carbons (Fsp3) is 0.581. The Morgan fingerprint density at radius 1 is 0.974 bits per heavy atom. The van der Waals surface area contributed by atoms with Crippen molar-refractivity contribution in [3.8, 4) is 0 Å². The summed E-state index contributed by atoms with van der Waals surface area (Å²) in [6, 6.07) is 10.8. The molecular formula is C31H45F2N3O2. The Balaban J connectivity index is 1.84. The molecule has 0 bridgehead atoms. The molecule has 0 aromatic heterocycles. The van der Waals surface area contributed by atoms with Gasteiger partial charge in [-0.25, -0.2) is 13.6 Å². The molecule has 0 spiro atoms. The molecule has 38 heavy (non-hydrogen) atoms. The van der Waals surface area contributed by atoms with Crippen molar-refractivity contribution < 1.29 is 18.7 Å². The maximum atomic E-state index is 13.9. The molecule has 2 aromatic rings. The number of aliphatic hydroxyl groups is 1. The lowest BCUT2D eigenvalue weighted by atomic mass is 9.74. The molecule has 1 fully saturated rings. The van der Waals surface area contributed by atoms with Crippen LogP contribution in [-0.4, -0.2) is 35.4 Å². The van der Waals surface area contributed by atoms with Gasteiger partial charge >= 0.3 is 6.03 Å². The molecule has 5 nitrogen and oxygen atoms in total. The van der Waals surface area contributed by atoms with Crippen LogP contribution in [0.2, 0.25) is 0 Å². The fourth-order valence-electron chi connectivity index (χ4n) is 5.26. The van der Waals surface area contributed by atoms with Gasteiger partial charge in [0.25, 0.3) is 0 Å². The number of aliphatic hydroxyl groups excluding tert-OH is 1. The van der Waals surface area contributed by atoms with E-state index in [-0.39, 0.29) is 23.9 Å². The largest absolute Gasteiger partial charge is 0.390 e. The third-order valence-corrected chi connectivity index (χ3v) is 7.29. The molecule has 2 unspecified atom stereocenters. The van der Waals surface area contributed by atoms with Gasteiger partial charge in [0.15, 0.2) is 0 Å². The van der Waals surface area contributed by atoms with E-state index in [4.69, 9.17) is 0 Å². The molecule has 0 radical (unpaired) electrons. The molecule has 2 atom stereocenters. The minimum Gasteiger partial charge on any atom is -0.390 e. The zero-order valence-corrected chi connectivity index (χ0v) is 23.8. The predicted molar refractivity (Wildman–Crippen MR) is 149 cm³/mol. The first-order valence-electron chi connectivity index (χ1n) is 13.7. The second-order valence-electron chi connectivity index (χ2n) is 12.9. The van der Waals surface area contributed by atoms with Gasteiger partial charge in [-0.1, -0.05) is 64.3 Å². The van der Waals surface area contributed by atoms with E-state index in [2.05, 4.69) is 61.0 Å². The number of carbonyl (C=O) groups is 1. The summed E-state index contributed by atoms with van der Waals surface area (Å²) in [6.07, 6.45) is 4.34. The van der Waals surface area contributed by atoms with Crippen LogP contribution in [0.15, 0.2) is 42.5 Å². The third-order valence-electron chi connectivity index (χ3n) is 7.29. The number of amides is 2. The topological polar surface area (TPSA) is 73.4 Å². The van der Waals surface area contributed by atoms with Gasteiger partial charge in [0.1, 0.15) is 11.6 Å². The van der Waals surface area contributed by atoms with Crippen molar-refractivity contribution in [1.82, 2.24) is 16.0 Å². The lowest BCUT2D eigenvalue weighted by Crippen LogP contribution is -2.56. The van der Waals surface area contributed by atoms with E-state index in [9.17, 15) is 18.7 Å². The lowest BCUT2D eigenvalue weighted by Gasteiger charge is -2.41. The molecule has 1 aliphatic rings. The number of nitrogens with one attached hydrogen (secondary N) is 3. The van der Waals surface area contributed by atoms with E-state index in [0.717, 1.165) is 31.7 Å². The Morgan fingerprint density at radius 3 is 2.18 bits per heavy atom. The van der Waals surface area contributed by atoms with E-state index < -0.39 is 35.4 Å². The highest BCUT2D eigenvalue weighted by molar-refractivity contribution is 5.75. The lowest BCUT2D eigenvalue weighted by molar-refractivity contribution is 0.105. The van der Waals surface area contributed by atoms with Gasteiger partial charge in [0.2, 0.25) is 0 Å². The Hall–Kier alpha value is -2.51. The molecule has 1 aliphatic carbocycles. The summed E-state index contributed by atoms with van der Waals surface area (Å²) in [5, 5.41) is 20.7. The molecule has 2 amide bonds. The number of halogens is 2. The van der Waals surface area contributed by atoms with Gasteiger partial charge in [-0.2, -0.15) is 0 Å². The van der Waals surface area contributed by atoms with Crippen molar-refractivity contribution >= 4 is 6.03 Å². The molecule has 4 N–H and O–H groups in total. The minimum atomic E-state index is -0.989. The molecule has 1 saturated carbocycles. The van der Waals surface area contributed by atoms with Gasteiger partial charge < -0.3 is 21.1 Å². The zero-order chi connectivity index (χ0) is 28.1. The second-order valence-corrected chi connectivity index (χ2v) is 12.9. The number of benzene rings is 2. The maximum Gasteiger partial charge on any atom is 0.315 e. The monoisotopic (exact) mass is 529 g/mol. The van der Waals surface area contributed by atoms with Gasteiger partial charge in [-0.3, -0.25) is 0 Å². The molecule has 0 saturated heterocycles. The van der Waals surface area contributed by atoms with Crippen LogP contribution in [0.25, 0.3) is 0 Å². The normalized spacial score (nSPS) is 17.5. The van der Waals surface area contributed by atoms with Gasteiger partial charge in [-0.05, 0) is 74.3 Å². The average molecular weight is 530 g/mol. The second kappa shape index (κ2) is 12.1. The molecule has 210 valence electrons. The molecule has 2 aromatic carbocycles. The molecule has 3 rings (SSSR count). The number of urea groups is 1. The smallest absolute Gasteiger partial charge is 0.315 e. The number of hydrogen-bond donors (Lipinski definition) is 4. The first kappa shape index (κ1) is 30.0. The van der Waals surface area contributed by atoms with Crippen LogP contribution in [0, 0.1) is 11.6 Å². The summed E-state index contributed by atoms with van der Waals surface area (Å²) in [7, 11) is 0. The summed E-state index contributed by atoms with van der Waals surface area (Å²) in [5.41, 5.74) is 2.08. The van der Waals surface area contributed by atoms with Gasteiger partial charge in [0, 0.05) is 23.7 Å². The number of carbonyl (C=O) groups excluding carboxylic acids is 1. The van der Waals surface area contributed by atoms with Crippen molar-refractivity contribution in [3.05, 3.63) is 70.8 Å². The van der Waals surface area contributed by atoms with Crippen LogP contribution >= 0.6 is 0 Å². The molecule has 7 heteroatoms. The van der Waals surface area contributed by atoms with Gasteiger partial charge in [0.05, 0.1) is 12.1 Å². The van der Waals surface area contributed by atoms with E-state index in [1.165, 1.54) is 29.7 Å². The van der Waals surface area contributed by atoms with Gasteiger partial charge in [-0.15, -0.1) is 0 Å². The number of hydrogen-bond acceptors (Lipinski definition) is 3. The standard InChI is InChI=1S/C31H45F2N3O2/c1-29(2,3)22-11-10-12-23(18-22)31(13-8-7-9-14-31)34-20-27(37)26(35-28(38)36-30(4,5)6)17-21-15-24(32)19-25(33)16-21/h10-12,15-16,18-19,26-27,34,37H,7-9,13-14,17,20H2,1-6H3,(H2,35,36,38). The van der Waals surface area contributed by atoms with Crippen molar-refractivity contribution in [2.75, 3.05) is 6.54 Å². The van der Waals surface area contributed by atoms with Crippen LogP contribution in [0.5, 0.6) is 0 Å². The summed E-state index contributed by atoms with van der Waals surface area (Å²) in [4.78, 5) is 12.7. The van der Waals surface area contributed by atoms with Crippen LogP contribution in [0.4, 0.5) is 13.6 Å². The number of rotatable bonds is 8. The summed E-state index contributed by atoms with van der Waals surface area (Å²) in [5.74, 6) is -1.38. The summed E-state index contributed by atoms with van der Waals surface area (Å²) in [6.45, 7) is 12.4. The zero-order valence-electron chi connectivity index (χ0n) is 23.8. The van der Waals surface area contributed by atoms with Crippen molar-refractivity contribution in [1.29, 1.82) is 0 Å². The van der Waals surface area contributed by atoms with Crippen molar-refractivity contribution in [2.24, 2.45) is 0 Å². The SMILES string of the molecule is CC(C)(C)NC(=O)NC(Cc1cc(F)cc(F)c1)C(O)CNC1(c2cccc(C(C)(C)C)c2)CCCCC1. The Morgan fingerprint density at radius 2 is 1.61 bits per heavy atom. The van der Waals surface area contributed by atoms with E-state index in [0.29, 0.717) is 5.56 Å². The van der Waals surface area contributed by atoms with Crippen LogP contribution in [0.1, 0.15) is 90.3 Å². The summed E-state index contributed by atoms with van der Waals surface area (Å²) >= 11 is 0. The highest BCUT2D eigenvalue weighted by Crippen LogP contribution is 2.38. The first-order chi connectivity index (χ1) is 17.7. The van der Waals surface area contributed by atoms with E-state index in [1.54, 1.807) is 0 Å². The van der Waals surface area contributed by atoms with Crippen molar-refractivity contribution in [3.63, 3.8) is 0 Å². The highest BCUT2D eigenvalue weighted by Gasteiger charge is 2.35. The van der Waals surface area contributed by atoms with E-state index in [1.807, 2.05) is 20.8 Å². The quantitative estimate of drug-likeness (QED) is 0.335. The Labute approximate surface area is 226 Å². The fourth-order valence-corrected chi connectivity index (χ4v) is 5.26. The third kappa shape index (κ3) is 8.50. The van der Waals surface area contributed by atoms with Crippen molar-refractivity contribution in [2.45, 2.75) is 109 Å². The highest BCUT2D eigenvalue weighted by atomic mass is 19.1. The maximum absolute atomic E-state index is 13.9. The Bertz CT molecular complexity index is 1070. The summed E-state index contributed by atoms with van der Waals surface area (Å²) < 4.78 is 27.8. The van der Waals surface area contributed by atoms with E-state index >= 15 is 0 Å². The van der Waals surface area contributed by atoms with Crippen LogP contribution in [-0.2, 0) is 17.4 Å². The molecule has 0 heterocycles. The molecule has 0 aliphatic heterocycles. The van der Waals surface area contributed by atoms with Crippen LogP contribution in [0.3, 0.4) is 0 Å². The predicted octanol–water partition coefficient (Wildman–Crippen LogP) is 6.08. The minimum absolute atomic E-state index is 0.0149.